The Morgan fingerprint density at radius 2 is 1.79 bits per heavy atom. The van der Waals surface area contributed by atoms with E-state index in [1.165, 1.54) is 12.1 Å². The summed E-state index contributed by atoms with van der Waals surface area (Å²) in [5.74, 6) is -0.490. The van der Waals surface area contributed by atoms with Crippen molar-refractivity contribution in [2.45, 2.75) is 6.42 Å². The molecule has 4 aromatic rings. The number of amides is 1. The van der Waals surface area contributed by atoms with E-state index in [2.05, 4.69) is 26.7 Å². The summed E-state index contributed by atoms with van der Waals surface area (Å²) >= 11 is 1.61. The minimum absolute atomic E-state index is 0.173. The van der Waals surface area contributed by atoms with Gasteiger partial charge >= 0.3 is 0 Å². The van der Waals surface area contributed by atoms with Gasteiger partial charge in [0, 0.05) is 34.6 Å². The van der Waals surface area contributed by atoms with Gasteiger partial charge in [0.15, 0.2) is 0 Å². The Morgan fingerprint density at radius 3 is 2.57 bits per heavy atom. The third kappa shape index (κ3) is 4.29. The zero-order valence-electron chi connectivity index (χ0n) is 14.8. The van der Waals surface area contributed by atoms with Gasteiger partial charge in [0.05, 0.1) is 18.3 Å². The summed E-state index contributed by atoms with van der Waals surface area (Å²) in [6, 6.07) is 13.8. The minimum atomic E-state index is -0.317. The number of carbonyl (C=O) groups is 1. The predicted octanol–water partition coefficient (Wildman–Crippen LogP) is 5.19. The number of nitrogens with one attached hydrogen (secondary N) is 1. The first-order valence-corrected chi connectivity index (χ1v) is 9.54. The highest BCUT2D eigenvalue weighted by molar-refractivity contribution is 7.14. The van der Waals surface area contributed by atoms with Gasteiger partial charge < -0.3 is 5.32 Å². The van der Waals surface area contributed by atoms with E-state index >= 15 is 0 Å². The number of pyridine rings is 2. The van der Waals surface area contributed by atoms with Gasteiger partial charge in [-0.3, -0.25) is 14.8 Å². The van der Waals surface area contributed by atoms with E-state index in [1.54, 1.807) is 42.1 Å². The minimum Gasteiger partial charge on any atom is -0.324 e. The molecule has 0 fully saturated rings. The molecule has 3 heterocycles. The monoisotopic (exact) mass is 389 g/mol. The van der Waals surface area contributed by atoms with Crippen LogP contribution in [0.1, 0.15) is 5.56 Å². The Kier molecular flexibility index (Phi) is 5.21. The molecule has 1 N–H and O–H groups in total. The zero-order valence-corrected chi connectivity index (χ0v) is 15.6. The van der Waals surface area contributed by atoms with Crippen LogP contribution >= 0.6 is 11.3 Å². The highest BCUT2D eigenvalue weighted by Gasteiger charge is 2.09. The largest absolute Gasteiger partial charge is 0.324 e. The Morgan fingerprint density at radius 1 is 0.964 bits per heavy atom. The molecule has 0 aliphatic carbocycles. The number of rotatable bonds is 5. The molecule has 0 saturated carbocycles. The fourth-order valence-corrected chi connectivity index (χ4v) is 3.71. The van der Waals surface area contributed by atoms with Crippen LogP contribution in [-0.4, -0.2) is 15.9 Å². The summed E-state index contributed by atoms with van der Waals surface area (Å²) in [4.78, 5) is 21.7. The van der Waals surface area contributed by atoms with Gasteiger partial charge in [-0.2, -0.15) is 0 Å². The summed E-state index contributed by atoms with van der Waals surface area (Å²) in [7, 11) is 0. The maximum Gasteiger partial charge on any atom is 0.228 e. The van der Waals surface area contributed by atoms with Crippen molar-refractivity contribution in [1.29, 1.82) is 0 Å². The molecule has 1 amide bonds. The molecule has 0 saturated heterocycles. The van der Waals surface area contributed by atoms with Gasteiger partial charge in [0.2, 0.25) is 5.91 Å². The predicted molar refractivity (Wildman–Crippen MR) is 110 cm³/mol. The molecule has 28 heavy (non-hydrogen) atoms. The second-order valence-corrected chi connectivity index (χ2v) is 7.17. The molecule has 0 spiro atoms. The number of hydrogen-bond acceptors (Lipinski definition) is 4. The highest BCUT2D eigenvalue weighted by atomic mass is 32.1. The number of halogens is 1. The molecule has 1 aromatic carbocycles. The van der Waals surface area contributed by atoms with Gasteiger partial charge in [-0.15, -0.1) is 11.3 Å². The van der Waals surface area contributed by atoms with Crippen molar-refractivity contribution in [2.75, 3.05) is 5.32 Å². The molecule has 0 aliphatic heterocycles. The number of nitrogens with zero attached hydrogens (tertiary/aromatic N) is 2. The Balaban J connectivity index is 1.48. The van der Waals surface area contributed by atoms with Crippen molar-refractivity contribution >= 4 is 22.9 Å². The maximum absolute atomic E-state index is 13.0. The fourth-order valence-electron chi connectivity index (χ4n) is 2.81. The molecular formula is C22H16FN3OS. The highest BCUT2D eigenvalue weighted by Crippen LogP contribution is 2.32. The number of aromatic nitrogens is 2. The van der Waals surface area contributed by atoms with E-state index < -0.39 is 0 Å². The number of hydrogen-bond donors (Lipinski definition) is 1. The molecule has 3 aromatic heterocycles. The number of carbonyl (C=O) groups excluding carboxylic acids is 1. The molecule has 138 valence electrons. The van der Waals surface area contributed by atoms with Crippen molar-refractivity contribution in [1.82, 2.24) is 9.97 Å². The molecule has 0 aliphatic rings. The van der Waals surface area contributed by atoms with E-state index in [1.807, 2.05) is 24.4 Å². The smallest absolute Gasteiger partial charge is 0.228 e. The molecule has 4 nitrogen and oxygen atoms in total. The van der Waals surface area contributed by atoms with Crippen LogP contribution in [0.15, 0.2) is 78.7 Å². The molecule has 0 radical (unpaired) electrons. The summed E-state index contributed by atoms with van der Waals surface area (Å²) in [6.07, 6.45) is 7.14. The SMILES string of the molecule is O=C(Cc1ccc(F)cc1)Nc1cncc(-c2cc(-c3cccnc3)cs2)c1. The third-order valence-electron chi connectivity index (χ3n) is 4.18. The van der Waals surface area contributed by atoms with Gasteiger partial charge in [-0.1, -0.05) is 18.2 Å². The molecule has 0 bridgehead atoms. The van der Waals surface area contributed by atoms with Gasteiger partial charge in [-0.05, 0) is 46.8 Å². The molecule has 0 unspecified atom stereocenters. The van der Waals surface area contributed by atoms with Crippen molar-refractivity contribution in [3.8, 4) is 21.6 Å². The van der Waals surface area contributed by atoms with Crippen LogP contribution in [-0.2, 0) is 11.2 Å². The first-order chi connectivity index (χ1) is 13.7. The van der Waals surface area contributed by atoms with Crippen LogP contribution in [0, 0.1) is 5.82 Å². The van der Waals surface area contributed by atoms with Crippen LogP contribution in [0.4, 0.5) is 10.1 Å². The summed E-state index contributed by atoms with van der Waals surface area (Å²) in [5, 5.41) is 4.93. The quantitative estimate of drug-likeness (QED) is 0.511. The lowest BCUT2D eigenvalue weighted by Gasteiger charge is -2.06. The standard InChI is InChI=1S/C22H16FN3OS/c23-19-5-3-15(4-6-19)8-22(27)26-20-9-17(12-25-13-20)21-10-18(14-28-21)16-2-1-7-24-11-16/h1-7,9-14H,8H2,(H,26,27). The topological polar surface area (TPSA) is 54.9 Å². The lowest BCUT2D eigenvalue weighted by molar-refractivity contribution is -0.115. The lowest BCUT2D eigenvalue weighted by Crippen LogP contribution is -2.14. The lowest BCUT2D eigenvalue weighted by atomic mass is 10.1. The second-order valence-electron chi connectivity index (χ2n) is 6.26. The van der Waals surface area contributed by atoms with E-state index in [4.69, 9.17) is 0 Å². The first-order valence-electron chi connectivity index (χ1n) is 8.66. The first kappa shape index (κ1) is 18.0. The van der Waals surface area contributed by atoms with Crippen molar-refractivity contribution in [3.05, 3.63) is 90.1 Å². The maximum atomic E-state index is 13.0. The van der Waals surface area contributed by atoms with Gasteiger partial charge in [-0.25, -0.2) is 4.39 Å². The van der Waals surface area contributed by atoms with Crippen LogP contribution < -0.4 is 5.32 Å². The Labute approximate surface area is 165 Å². The van der Waals surface area contributed by atoms with Crippen LogP contribution in [0.2, 0.25) is 0 Å². The second kappa shape index (κ2) is 8.10. The Bertz CT molecular complexity index is 1090. The average molecular weight is 389 g/mol. The number of benzene rings is 1. The van der Waals surface area contributed by atoms with Gasteiger partial charge in [0.1, 0.15) is 5.82 Å². The normalized spacial score (nSPS) is 10.6. The van der Waals surface area contributed by atoms with E-state index in [0.29, 0.717) is 5.69 Å². The van der Waals surface area contributed by atoms with Gasteiger partial charge in [0.25, 0.3) is 0 Å². The summed E-state index contributed by atoms with van der Waals surface area (Å²) < 4.78 is 13.0. The summed E-state index contributed by atoms with van der Waals surface area (Å²) in [6.45, 7) is 0. The van der Waals surface area contributed by atoms with E-state index in [9.17, 15) is 9.18 Å². The summed E-state index contributed by atoms with van der Waals surface area (Å²) in [5.41, 5.74) is 4.46. The van der Waals surface area contributed by atoms with Crippen LogP contribution in [0.5, 0.6) is 0 Å². The Hall–Kier alpha value is -3.38. The number of anilines is 1. The average Bonchev–Trinajstić information content (AvgIpc) is 3.21. The van der Waals surface area contributed by atoms with E-state index in [-0.39, 0.29) is 18.1 Å². The zero-order chi connectivity index (χ0) is 19.3. The molecule has 0 atom stereocenters. The molecular weight excluding hydrogens is 373 g/mol. The molecule has 6 heteroatoms. The van der Waals surface area contributed by atoms with Crippen LogP contribution in [0.25, 0.3) is 21.6 Å². The van der Waals surface area contributed by atoms with E-state index in [0.717, 1.165) is 27.1 Å². The molecule has 4 rings (SSSR count). The third-order valence-corrected chi connectivity index (χ3v) is 5.16. The number of thiophene rings is 1. The van der Waals surface area contributed by atoms with Crippen molar-refractivity contribution in [3.63, 3.8) is 0 Å². The van der Waals surface area contributed by atoms with Crippen molar-refractivity contribution < 1.29 is 9.18 Å². The van der Waals surface area contributed by atoms with Crippen molar-refractivity contribution in [2.24, 2.45) is 0 Å². The van der Waals surface area contributed by atoms with Crippen LogP contribution in [0.3, 0.4) is 0 Å². The fraction of sp³-hybridized carbons (Fsp3) is 0.0455.